The number of carboxylic acid groups (broad SMARTS) is 1. The first-order valence-corrected chi connectivity index (χ1v) is 7.17. The lowest BCUT2D eigenvalue weighted by Gasteiger charge is -2.07. The van der Waals surface area contributed by atoms with Crippen LogP contribution in [-0.4, -0.2) is 16.2 Å². The van der Waals surface area contributed by atoms with E-state index in [1.165, 1.54) is 11.3 Å². The number of aromatic hydroxyl groups is 1. The number of aromatic carboxylic acids is 1. The number of carbonyl (C=O) groups is 1. The van der Waals surface area contributed by atoms with Gasteiger partial charge in [-0.1, -0.05) is 12.1 Å². The number of hydrogen-bond donors (Lipinski definition) is 2. The fourth-order valence-corrected chi connectivity index (χ4v) is 2.99. The highest BCUT2D eigenvalue weighted by Gasteiger charge is 2.10. The van der Waals surface area contributed by atoms with Gasteiger partial charge in [0.2, 0.25) is 0 Å². The average molecular weight is 300 g/mol. The third-order valence-corrected chi connectivity index (χ3v) is 4.16. The van der Waals surface area contributed by atoms with E-state index in [4.69, 9.17) is 9.84 Å². The third-order valence-electron chi connectivity index (χ3n) is 3.15. The van der Waals surface area contributed by atoms with Crippen LogP contribution in [0.15, 0.2) is 47.8 Å². The van der Waals surface area contributed by atoms with Gasteiger partial charge in [0.1, 0.15) is 6.61 Å². The van der Waals surface area contributed by atoms with Crippen LogP contribution >= 0.6 is 11.3 Å². The van der Waals surface area contributed by atoms with Crippen molar-refractivity contribution in [2.24, 2.45) is 0 Å². The Balaban J connectivity index is 1.89. The zero-order valence-electron chi connectivity index (χ0n) is 10.9. The second-order valence-electron chi connectivity index (χ2n) is 4.53. The monoisotopic (exact) mass is 300 g/mol. The SMILES string of the molecule is O=C(O)c1ccc2scc(COc3ccccc3O)c2c1. The maximum Gasteiger partial charge on any atom is 0.335 e. The van der Waals surface area contributed by atoms with Crippen molar-refractivity contribution in [3.63, 3.8) is 0 Å². The molecule has 4 nitrogen and oxygen atoms in total. The molecule has 0 aliphatic carbocycles. The van der Waals surface area contributed by atoms with Gasteiger partial charge in [0.15, 0.2) is 11.5 Å². The number of phenolic OH excluding ortho intramolecular Hbond substituents is 1. The predicted octanol–water partition coefficient (Wildman–Crippen LogP) is 3.88. The Morgan fingerprint density at radius 2 is 2.00 bits per heavy atom. The predicted molar refractivity (Wildman–Crippen MR) is 81.2 cm³/mol. The number of rotatable bonds is 4. The molecule has 2 aromatic carbocycles. The van der Waals surface area contributed by atoms with Crippen molar-refractivity contribution in [2.45, 2.75) is 6.61 Å². The molecule has 0 saturated heterocycles. The van der Waals surface area contributed by atoms with Crippen LogP contribution in [0.5, 0.6) is 11.5 Å². The van der Waals surface area contributed by atoms with Gasteiger partial charge in [-0.25, -0.2) is 4.79 Å². The Hall–Kier alpha value is -2.53. The van der Waals surface area contributed by atoms with Gasteiger partial charge < -0.3 is 14.9 Å². The number of fused-ring (bicyclic) bond motifs is 1. The van der Waals surface area contributed by atoms with E-state index in [9.17, 15) is 9.90 Å². The van der Waals surface area contributed by atoms with Crippen LogP contribution in [0.1, 0.15) is 15.9 Å². The van der Waals surface area contributed by atoms with E-state index < -0.39 is 5.97 Å². The highest BCUT2D eigenvalue weighted by atomic mass is 32.1. The van der Waals surface area contributed by atoms with Crippen LogP contribution in [0, 0.1) is 0 Å². The molecule has 0 atom stereocenters. The first-order chi connectivity index (χ1) is 10.1. The highest BCUT2D eigenvalue weighted by molar-refractivity contribution is 7.17. The number of para-hydroxylation sites is 2. The van der Waals surface area contributed by atoms with Crippen molar-refractivity contribution in [1.29, 1.82) is 0 Å². The maximum absolute atomic E-state index is 11.0. The molecule has 1 heterocycles. The fourth-order valence-electron chi connectivity index (χ4n) is 2.06. The minimum absolute atomic E-state index is 0.0864. The maximum atomic E-state index is 11.0. The number of hydrogen-bond acceptors (Lipinski definition) is 4. The summed E-state index contributed by atoms with van der Waals surface area (Å²) < 4.78 is 6.61. The van der Waals surface area contributed by atoms with E-state index in [2.05, 4.69) is 0 Å². The second kappa shape index (κ2) is 5.46. The molecule has 0 unspecified atom stereocenters. The summed E-state index contributed by atoms with van der Waals surface area (Å²) in [5.41, 5.74) is 1.16. The molecule has 0 fully saturated rings. The van der Waals surface area contributed by atoms with Gasteiger partial charge in [0, 0.05) is 10.3 Å². The molecule has 0 saturated carbocycles. The Bertz CT molecular complexity index is 807. The lowest BCUT2D eigenvalue weighted by molar-refractivity contribution is 0.0697. The molecule has 0 aliphatic heterocycles. The average Bonchev–Trinajstić information content (AvgIpc) is 2.88. The first kappa shape index (κ1) is 13.5. The number of benzene rings is 2. The number of ether oxygens (including phenoxy) is 1. The smallest absolute Gasteiger partial charge is 0.335 e. The minimum atomic E-state index is -0.948. The molecule has 5 heteroatoms. The Morgan fingerprint density at radius 3 is 2.76 bits per heavy atom. The molecule has 0 amide bonds. The van der Waals surface area contributed by atoms with Crippen LogP contribution in [0.2, 0.25) is 0 Å². The summed E-state index contributed by atoms with van der Waals surface area (Å²) >= 11 is 1.54. The normalized spacial score (nSPS) is 10.7. The number of phenols is 1. The van der Waals surface area contributed by atoms with E-state index in [0.29, 0.717) is 5.75 Å². The summed E-state index contributed by atoms with van der Waals surface area (Å²) in [6.07, 6.45) is 0. The van der Waals surface area contributed by atoms with E-state index in [0.717, 1.165) is 15.6 Å². The molecule has 2 N–H and O–H groups in total. The Kier molecular flexibility index (Phi) is 3.50. The van der Waals surface area contributed by atoms with E-state index >= 15 is 0 Å². The summed E-state index contributed by atoms with van der Waals surface area (Å²) in [5, 5.41) is 21.5. The zero-order valence-corrected chi connectivity index (χ0v) is 11.8. The van der Waals surface area contributed by atoms with Crippen LogP contribution in [0.25, 0.3) is 10.1 Å². The van der Waals surface area contributed by atoms with Gasteiger partial charge in [-0.2, -0.15) is 0 Å². The van der Waals surface area contributed by atoms with Crippen molar-refractivity contribution in [2.75, 3.05) is 0 Å². The van der Waals surface area contributed by atoms with Gasteiger partial charge in [-0.15, -0.1) is 11.3 Å². The molecule has 21 heavy (non-hydrogen) atoms. The molecule has 3 rings (SSSR count). The first-order valence-electron chi connectivity index (χ1n) is 6.29. The lowest BCUT2D eigenvalue weighted by Crippen LogP contribution is -1.97. The van der Waals surface area contributed by atoms with E-state index in [1.54, 1.807) is 42.5 Å². The van der Waals surface area contributed by atoms with Crippen molar-refractivity contribution in [3.05, 3.63) is 59.0 Å². The van der Waals surface area contributed by atoms with Gasteiger partial charge >= 0.3 is 5.97 Å². The molecule has 0 spiro atoms. The molecule has 0 radical (unpaired) electrons. The van der Waals surface area contributed by atoms with Crippen LogP contribution in [0.4, 0.5) is 0 Å². The van der Waals surface area contributed by atoms with Crippen molar-refractivity contribution >= 4 is 27.4 Å². The van der Waals surface area contributed by atoms with E-state index in [-0.39, 0.29) is 17.9 Å². The summed E-state index contributed by atoms with van der Waals surface area (Å²) in [7, 11) is 0. The summed E-state index contributed by atoms with van der Waals surface area (Å²) in [5.74, 6) is -0.454. The number of carboxylic acids is 1. The lowest BCUT2D eigenvalue weighted by atomic mass is 10.1. The molecule has 0 aliphatic rings. The molecule has 1 aromatic heterocycles. The fraction of sp³-hybridized carbons (Fsp3) is 0.0625. The van der Waals surface area contributed by atoms with Crippen LogP contribution in [-0.2, 0) is 6.61 Å². The second-order valence-corrected chi connectivity index (χ2v) is 5.44. The van der Waals surface area contributed by atoms with Crippen molar-refractivity contribution in [3.8, 4) is 11.5 Å². The van der Waals surface area contributed by atoms with Crippen LogP contribution in [0.3, 0.4) is 0 Å². The molecule has 3 aromatic rings. The quantitative estimate of drug-likeness (QED) is 0.767. The Labute approximate surface area is 124 Å². The van der Waals surface area contributed by atoms with Crippen LogP contribution < -0.4 is 4.74 Å². The minimum Gasteiger partial charge on any atom is -0.504 e. The zero-order chi connectivity index (χ0) is 14.8. The summed E-state index contributed by atoms with van der Waals surface area (Å²) in [6.45, 7) is 0.278. The molecule has 106 valence electrons. The van der Waals surface area contributed by atoms with Crippen molar-refractivity contribution < 1.29 is 19.7 Å². The third kappa shape index (κ3) is 2.68. The highest BCUT2D eigenvalue weighted by Crippen LogP contribution is 2.30. The Morgan fingerprint density at radius 1 is 1.19 bits per heavy atom. The van der Waals surface area contributed by atoms with Gasteiger partial charge in [-0.3, -0.25) is 0 Å². The molecule has 0 bridgehead atoms. The molecular weight excluding hydrogens is 288 g/mol. The topological polar surface area (TPSA) is 66.8 Å². The van der Waals surface area contributed by atoms with Gasteiger partial charge in [-0.05, 0) is 41.1 Å². The molecular formula is C16H12O4S. The standard InChI is InChI=1S/C16H12O4S/c17-13-3-1-2-4-14(13)20-8-11-9-21-15-6-5-10(16(18)19)7-12(11)15/h1-7,9,17H,8H2,(H,18,19). The summed E-state index contributed by atoms with van der Waals surface area (Å²) in [4.78, 5) is 11.0. The van der Waals surface area contributed by atoms with Crippen molar-refractivity contribution in [1.82, 2.24) is 0 Å². The number of thiophene rings is 1. The van der Waals surface area contributed by atoms with Gasteiger partial charge in [0.05, 0.1) is 5.56 Å². The summed E-state index contributed by atoms with van der Waals surface area (Å²) in [6, 6.07) is 11.8. The largest absolute Gasteiger partial charge is 0.504 e. The van der Waals surface area contributed by atoms with Gasteiger partial charge in [0.25, 0.3) is 0 Å². The van der Waals surface area contributed by atoms with E-state index in [1.807, 2.05) is 5.38 Å².